The van der Waals surface area contributed by atoms with Gasteiger partial charge >= 0.3 is 0 Å². The summed E-state index contributed by atoms with van der Waals surface area (Å²) < 4.78 is 32.6. The Morgan fingerprint density at radius 2 is 1.83 bits per heavy atom. The molecule has 0 aliphatic carbocycles. The standard InChI is InChI=1S/C21H28N4O4S/c1-23-12-13-25(17(14-22)15-23)21(26)16-8-10-18(11-9-16)30(27,28)24(2)19-6-4-5-7-20(19)29-3/h4-11,17H,12-15,22H2,1-3H3. The molecular formula is C21H28N4O4S. The van der Waals surface area contributed by atoms with E-state index in [1.54, 1.807) is 41.3 Å². The minimum atomic E-state index is -3.81. The van der Waals surface area contributed by atoms with Crippen molar-refractivity contribution >= 4 is 21.6 Å². The number of anilines is 1. The summed E-state index contributed by atoms with van der Waals surface area (Å²) in [5, 5.41) is 0. The Balaban J connectivity index is 1.83. The lowest BCUT2D eigenvalue weighted by Gasteiger charge is -2.39. The van der Waals surface area contributed by atoms with Crippen LogP contribution in [0.4, 0.5) is 5.69 Å². The molecule has 1 saturated heterocycles. The first kappa shape index (κ1) is 22.1. The minimum absolute atomic E-state index is 0.0589. The number of methoxy groups -OCH3 is 1. The van der Waals surface area contributed by atoms with E-state index < -0.39 is 10.0 Å². The van der Waals surface area contributed by atoms with Crippen LogP contribution in [0, 0.1) is 0 Å². The Bertz CT molecular complexity index is 994. The second-order valence-electron chi connectivity index (χ2n) is 7.32. The van der Waals surface area contributed by atoms with E-state index in [-0.39, 0.29) is 16.8 Å². The Morgan fingerprint density at radius 3 is 2.47 bits per heavy atom. The molecule has 0 saturated carbocycles. The smallest absolute Gasteiger partial charge is 0.264 e. The van der Waals surface area contributed by atoms with E-state index in [0.29, 0.717) is 30.1 Å². The molecule has 1 amide bonds. The van der Waals surface area contributed by atoms with Crippen LogP contribution in [-0.2, 0) is 10.0 Å². The van der Waals surface area contributed by atoms with E-state index in [4.69, 9.17) is 10.5 Å². The summed E-state index contributed by atoms with van der Waals surface area (Å²) in [5.41, 5.74) is 6.72. The number of benzene rings is 2. The van der Waals surface area contributed by atoms with E-state index in [1.807, 2.05) is 7.05 Å². The predicted molar refractivity (Wildman–Crippen MR) is 116 cm³/mol. The lowest BCUT2D eigenvalue weighted by Crippen LogP contribution is -2.56. The van der Waals surface area contributed by atoms with Crippen LogP contribution < -0.4 is 14.8 Å². The molecule has 0 spiro atoms. The van der Waals surface area contributed by atoms with Crippen LogP contribution in [0.1, 0.15) is 10.4 Å². The van der Waals surface area contributed by atoms with Crippen molar-refractivity contribution in [3.05, 3.63) is 54.1 Å². The Hall–Kier alpha value is -2.62. The van der Waals surface area contributed by atoms with Crippen LogP contribution in [0.5, 0.6) is 5.75 Å². The molecule has 1 heterocycles. The number of hydrogen-bond donors (Lipinski definition) is 1. The molecule has 1 atom stereocenters. The third-order valence-electron chi connectivity index (χ3n) is 5.40. The number of likely N-dealkylation sites (N-methyl/N-ethyl adjacent to an activating group) is 1. The molecule has 0 radical (unpaired) electrons. The molecule has 9 heteroatoms. The van der Waals surface area contributed by atoms with Crippen molar-refractivity contribution in [2.75, 3.05) is 51.7 Å². The van der Waals surface area contributed by atoms with Gasteiger partial charge in [-0.25, -0.2) is 8.42 Å². The average Bonchev–Trinajstić information content (AvgIpc) is 2.78. The molecular weight excluding hydrogens is 404 g/mol. The number of carbonyl (C=O) groups is 1. The van der Waals surface area contributed by atoms with Crippen molar-refractivity contribution < 1.29 is 17.9 Å². The molecule has 0 bridgehead atoms. The summed E-state index contributed by atoms with van der Waals surface area (Å²) in [7, 11) is 1.16. The number of nitrogens with two attached hydrogens (primary N) is 1. The summed E-state index contributed by atoms with van der Waals surface area (Å²) in [5.74, 6) is 0.318. The predicted octanol–water partition coefficient (Wildman–Crippen LogP) is 1.24. The van der Waals surface area contributed by atoms with Crippen molar-refractivity contribution in [3.63, 3.8) is 0 Å². The second-order valence-corrected chi connectivity index (χ2v) is 9.29. The fourth-order valence-corrected chi connectivity index (χ4v) is 4.80. The monoisotopic (exact) mass is 432 g/mol. The van der Waals surface area contributed by atoms with Gasteiger partial charge < -0.3 is 20.3 Å². The van der Waals surface area contributed by atoms with Gasteiger partial charge in [0.1, 0.15) is 5.75 Å². The van der Waals surface area contributed by atoms with Gasteiger partial charge in [-0.1, -0.05) is 12.1 Å². The molecule has 2 N–H and O–H groups in total. The highest BCUT2D eigenvalue weighted by Crippen LogP contribution is 2.31. The summed E-state index contributed by atoms with van der Waals surface area (Å²) in [6, 6.07) is 12.9. The van der Waals surface area contributed by atoms with Gasteiger partial charge in [0, 0.05) is 38.8 Å². The van der Waals surface area contributed by atoms with Crippen molar-refractivity contribution in [2.45, 2.75) is 10.9 Å². The Kier molecular flexibility index (Phi) is 6.64. The average molecular weight is 433 g/mol. The minimum Gasteiger partial charge on any atom is -0.495 e. The largest absolute Gasteiger partial charge is 0.495 e. The molecule has 0 aromatic heterocycles. The van der Waals surface area contributed by atoms with Gasteiger partial charge in [0.25, 0.3) is 15.9 Å². The maximum atomic E-state index is 13.1. The SMILES string of the molecule is COc1ccccc1N(C)S(=O)(=O)c1ccc(C(=O)N2CCN(C)CC2CN)cc1. The summed E-state index contributed by atoms with van der Waals surface area (Å²) in [6.45, 7) is 2.47. The molecule has 162 valence electrons. The number of rotatable bonds is 6. The first-order valence-corrected chi connectivity index (χ1v) is 11.1. The van der Waals surface area contributed by atoms with Crippen LogP contribution in [-0.4, -0.2) is 77.6 Å². The Labute approximate surface area is 177 Å². The summed E-state index contributed by atoms with van der Waals surface area (Å²) in [6.07, 6.45) is 0. The lowest BCUT2D eigenvalue weighted by molar-refractivity contribution is 0.0516. The number of hydrogen-bond acceptors (Lipinski definition) is 6. The van der Waals surface area contributed by atoms with E-state index in [0.717, 1.165) is 13.1 Å². The van der Waals surface area contributed by atoms with Crippen LogP contribution in [0.2, 0.25) is 0 Å². The van der Waals surface area contributed by atoms with Crippen LogP contribution in [0.15, 0.2) is 53.4 Å². The highest BCUT2D eigenvalue weighted by molar-refractivity contribution is 7.92. The van der Waals surface area contributed by atoms with Gasteiger partial charge in [-0.05, 0) is 43.4 Å². The molecule has 8 nitrogen and oxygen atoms in total. The maximum Gasteiger partial charge on any atom is 0.264 e. The zero-order chi connectivity index (χ0) is 21.9. The number of sulfonamides is 1. The first-order chi connectivity index (χ1) is 14.3. The van der Waals surface area contributed by atoms with Crippen LogP contribution >= 0.6 is 0 Å². The highest BCUT2D eigenvalue weighted by Gasteiger charge is 2.29. The van der Waals surface area contributed by atoms with E-state index in [2.05, 4.69) is 4.90 Å². The van der Waals surface area contributed by atoms with Gasteiger partial charge in [0.15, 0.2) is 0 Å². The van der Waals surface area contributed by atoms with E-state index in [1.165, 1.54) is 30.6 Å². The number of nitrogens with zero attached hydrogens (tertiary/aromatic N) is 3. The molecule has 1 aliphatic rings. The number of para-hydroxylation sites is 2. The van der Waals surface area contributed by atoms with Crippen molar-refractivity contribution in [1.29, 1.82) is 0 Å². The molecule has 1 unspecified atom stereocenters. The molecule has 1 aliphatic heterocycles. The molecule has 2 aromatic rings. The molecule has 2 aromatic carbocycles. The highest BCUT2D eigenvalue weighted by atomic mass is 32.2. The summed E-state index contributed by atoms with van der Waals surface area (Å²) in [4.78, 5) is 17.0. The lowest BCUT2D eigenvalue weighted by atomic mass is 10.1. The topological polar surface area (TPSA) is 96.2 Å². The van der Waals surface area contributed by atoms with E-state index in [9.17, 15) is 13.2 Å². The summed E-state index contributed by atoms with van der Waals surface area (Å²) >= 11 is 0. The zero-order valence-corrected chi connectivity index (χ0v) is 18.3. The maximum absolute atomic E-state index is 13.1. The molecule has 3 rings (SSSR count). The normalized spacial score (nSPS) is 17.6. The van der Waals surface area contributed by atoms with E-state index >= 15 is 0 Å². The number of carbonyl (C=O) groups excluding carboxylic acids is 1. The fourth-order valence-electron chi connectivity index (χ4n) is 3.59. The van der Waals surface area contributed by atoms with Crippen LogP contribution in [0.3, 0.4) is 0 Å². The van der Waals surface area contributed by atoms with Gasteiger partial charge in [-0.15, -0.1) is 0 Å². The number of piperazine rings is 1. The van der Waals surface area contributed by atoms with Gasteiger partial charge in [0.2, 0.25) is 0 Å². The van der Waals surface area contributed by atoms with Crippen molar-refractivity contribution in [1.82, 2.24) is 9.80 Å². The van der Waals surface area contributed by atoms with Crippen LogP contribution in [0.25, 0.3) is 0 Å². The quantitative estimate of drug-likeness (QED) is 0.738. The number of amides is 1. The third kappa shape index (κ3) is 4.28. The first-order valence-electron chi connectivity index (χ1n) is 9.71. The van der Waals surface area contributed by atoms with Gasteiger partial charge in [-0.2, -0.15) is 0 Å². The fraction of sp³-hybridized carbons (Fsp3) is 0.381. The van der Waals surface area contributed by atoms with Crippen molar-refractivity contribution in [3.8, 4) is 5.75 Å². The third-order valence-corrected chi connectivity index (χ3v) is 7.19. The van der Waals surface area contributed by atoms with Gasteiger partial charge in [-0.3, -0.25) is 9.10 Å². The van der Waals surface area contributed by atoms with Gasteiger partial charge in [0.05, 0.1) is 23.7 Å². The molecule has 1 fully saturated rings. The Morgan fingerprint density at radius 1 is 1.17 bits per heavy atom. The second kappa shape index (κ2) is 9.03. The van der Waals surface area contributed by atoms with Crippen molar-refractivity contribution in [2.24, 2.45) is 5.73 Å². The zero-order valence-electron chi connectivity index (χ0n) is 17.5. The number of ether oxygens (including phenoxy) is 1. The molecule has 30 heavy (non-hydrogen) atoms.